The lowest BCUT2D eigenvalue weighted by molar-refractivity contribution is 0.251. The molecule has 104 valence electrons. The van der Waals surface area contributed by atoms with E-state index in [1.54, 1.807) is 25.1 Å². The van der Waals surface area contributed by atoms with Crippen molar-refractivity contribution >= 4 is 17.6 Å². The molecule has 0 aliphatic carbocycles. The number of carbonyl (C=O) groups is 1. The number of amidine groups is 1. The smallest absolute Gasteiger partial charge is 0.319 e. The van der Waals surface area contributed by atoms with Crippen molar-refractivity contribution in [3.63, 3.8) is 0 Å². The highest BCUT2D eigenvalue weighted by atomic mass is 16.5. The van der Waals surface area contributed by atoms with Gasteiger partial charge in [-0.1, -0.05) is 24.2 Å². The lowest BCUT2D eigenvalue weighted by Crippen LogP contribution is -2.37. The summed E-state index contributed by atoms with van der Waals surface area (Å²) in [4.78, 5) is 11.7. The van der Waals surface area contributed by atoms with Crippen molar-refractivity contribution in [2.45, 2.75) is 6.92 Å². The molecule has 7 nitrogen and oxygen atoms in total. The molecule has 1 unspecified atom stereocenters. The molecule has 0 aliphatic rings. The van der Waals surface area contributed by atoms with E-state index in [0.29, 0.717) is 11.4 Å². The van der Waals surface area contributed by atoms with E-state index >= 15 is 0 Å². The van der Waals surface area contributed by atoms with E-state index in [2.05, 4.69) is 15.8 Å². The van der Waals surface area contributed by atoms with Crippen LogP contribution in [-0.2, 0) is 0 Å². The van der Waals surface area contributed by atoms with Gasteiger partial charge in [-0.05, 0) is 12.1 Å². The number of ether oxygens (including phenoxy) is 1. The highest BCUT2D eigenvalue weighted by Gasteiger charge is 2.10. The van der Waals surface area contributed by atoms with Crippen LogP contribution in [0.3, 0.4) is 0 Å². The van der Waals surface area contributed by atoms with Crippen molar-refractivity contribution in [2.75, 3.05) is 19.0 Å². The number of urea groups is 1. The Balaban J connectivity index is 2.52. The number of nitrogens with two attached hydrogens (primary N) is 1. The summed E-state index contributed by atoms with van der Waals surface area (Å²) in [5.41, 5.74) is 5.98. The van der Waals surface area contributed by atoms with Crippen molar-refractivity contribution in [3.8, 4) is 5.75 Å². The summed E-state index contributed by atoms with van der Waals surface area (Å²) in [6.45, 7) is 2.00. The molecular weight excluding hydrogens is 248 g/mol. The number of hydrogen-bond donors (Lipinski definition) is 4. The topological polar surface area (TPSA) is 109 Å². The van der Waals surface area contributed by atoms with Crippen LogP contribution < -0.4 is 21.1 Å². The number of nitrogens with zero attached hydrogens (tertiary/aromatic N) is 1. The van der Waals surface area contributed by atoms with Crippen molar-refractivity contribution in [3.05, 3.63) is 24.3 Å². The van der Waals surface area contributed by atoms with Gasteiger partial charge in [-0.3, -0.25) is 0 Å². The fourth-order valence-electron chi connectivity index (χ4n) is 1.36. The second-order valence-electron chi connectivity index (χ2n) is 3.96. The Morgan fingerprint density at radius 2 is 2.21 bits per heavy atom. The Morgan fingerprint density at radius 3 is 2.84 bits per heavy atom. The second-order valence-corrected chi connectivity index (χ2v) is 3.96. The molecule has 0 aliphatic heterocycles. The third-order valence-electron chi connectivity index (χ3n) is 2.54. The average molecular weight is 266 g/mol. The number of methoxy groups -OCH3 is 1. The third-order valence-corrected chi connectivity index (χ3v) is 2.54. The summed E-state index contributed by atoms with van der Waals surface area (Å²) < 4.78 is 5.11. The minimum absolute atomic E-state index is 0.0672. The van der Waals surface area contributed by atoms with Gasteiger partial charge in [0.05, 0.1) is 12.8 Å². The van der Waals surface area contributed by atoms with Crippen molar-refractivity contribution < 1.29 is 14.7 Å². The van der Waals surface area contributed by atoms with Crippen molar-refractivity contribution in [1.29, 1.82) is 0 Å². The number of para-hydroxylation sites is 2. The van der Waals surface area contributed by atoms with Gasteiger partial charge >= 0.3 is 6.03 Å². The first-order valence-electron chi connectivity index (χ1n) is 5.73. The molecule has 1 rings (SSSR count). The van der Waals surface area contributed by atoms with E-state index in [4.69, 9.17) is 15.7 Å². The zero-order valence-corrected chi connectivity index (χ0v) is 10.9. The molecule has 0 heterocycles. The predicted octanol–water partition coefficient (Wildman–Crippen LogP) is 1.20. The van der Waals surface area contributed by atoms with Gasteiger partial charge in [0.1, 0.15) is 11.6 Å². The van der Waals surface area contributed by atoms with Crippen LogP contribution in [0.4, 0.5) is 10.5 Å². The number of amides is 2. The summed E-state index contributed by atoms with van der Waals surface area (Å²) in [6, 6.07) is 6.68. The molecule has 0 saturated heterocycles. The van der Waals surface area contributed by atoms with Crippen LogP contribution in [0, 0.1) is 5.92 Å². The molecule has 5 N–H and O–H groups in total. The van der Waals surface area contributed by atoms with Crippen LogP contribution in [0.15, 0.2) is 29.4 Å². The number of oxime groups is 1. The maximum Gasteiger partial charge on any atom is 0.319 e. The van der Waals surface area contributed by atoms with Gasteiger partial charge in [-0.15, -0.1) is 0 Å². The number of anilines is 1. The molecular formula is C12H18N4O3. The molecule has 2 amide bonds. The summed E-state index contributed by atoms with van der Waals surface area (Å²) >= 11 is 0. The van der Waals surface area contributed by atoms with E-state index < -0.39 is 0 Å². The average Bonchev–Trinajstić information content (AvgIpc) is 2.44. The van der Waals surface area contributed by atoms with E-state index in [-0.39, 0.29) is 24.3 Å². The van der Waals surface area contributed by atoms with Gasteiger partial charge < -0.3 is 26.3 Å². The first-order valence-corrected chi connectivity index (χ1v) is 5.73. The highest BCUT2D eigenvalue weighted by Crippen LogP contribution is 2.22. The zero-order valence-electron chi connectivity index (χ0n) is 10.9. The van der Waals surface area contributed by atoms with Crippen LogP contribution >= 0.6 is 0 Å². The standard InChI is InChI=1S/C12H18N4O3/c1-8(11(13)16-18)7-14-12(17)15-9-5-3-4-6-10(9)19-2/h3-6,8,18H,7H2,1-2H3,(H2,13,16)(H2,14,15,17). The van der Waals surface area contributed by atoms with Crippen molar-refractivity contribution in [1.82, 2.24) is 5.32 Å². The summed E-state index contributed by atoms with van der Waals surface area (Å²) in [5, 5.41) is 16.6. The SMILES string of the molecule is COc1ccccc1NC(=O)NCC(C)C(N)=NO. The minimum Gasteiger partial charge on any atom is -0.495 e. The lowest BCUT2D eigenvalue weighted by Gasteiger charge is -2.13. The summed E-state index contributed by atoms with van der Waals surface area (Å²) in [5.74, 6) is 0.383. The van der Waals surface area contributed by atoms with Gasteiger partial charge in [0, 0.05) is 12.5 Å². The molecule has 7 heteroatoms. The Bertz CT molecular complexity index is 462. The fraction of sp³-hybridized carbons (Fsp3) is 0.333. The van der Waals surface area contributed by atoms with Gasteiger partial charge in [0.2, 0.25) is 0 Å². The van der Waals surface area contributed by atoms with Crippen molar-refractivity contribution in [2.24, 2.45) is 16.8 Å². The third kappa shape index (κ3) is 4.38. The first kappa shape index (κ1) is 14.6. The van der Waals surface area contributed by atoms with Crippen LogP contribution in [0.2, 0.25) is 0 Å². The van der Waals surface area contributed by atoms with Gasteiger partial charge in [0.15, 0.2) is 0 Å². The fourth-order valence-corrected chi connectivity index (χ4v) is 1.36. The molecule has 0 saturated carbocycles. The van der Waals surface area contributed by atoms with E-state index in [1.807, 2.05) is 6.07 Å². The molecule has 1 aromatic carbocycles. The minimum atomic E-state index is -0.387. The quantitative estimate of drug-likeness (QED) is 0.278. The van der Waals surface area contributed by atoms with Crippen LogP contribution in [0.5, 0.6) is 5.75 Å². The Hall–Kier alpha value is -2.44. The van der Waals surface area contributed by atoms with Gasteiger partial charge in [0.25, 0.3) is 0 Å². The van der Waals surface area contributed by atoms with Crippen LogP contribution in [0.1, 0.15) is 6.92 Å². The molecule has 19 heavy (non-hydrogen) atoms. The summed E-state index contributed by atoms with van der Waals surface area (Å²) in [7, 11) is 1.53. The Kier molecular flexibility index (Phi) is 5.46. The van der Waals surface area contributed by atoms with Crippen LogP contribution in [0.25, 0.3) is 0 Å². The Labute approximate surface area is 111 Å². The molecule has 0 radical (unpaired) electrons. The highest BCUT2D eigenvalue weighted by molar-refractivity contribution is 5.91. The molecule has 0 fully saturated rings. The number of rotatable bonds is 5. The second kappa shape index (κ2) is 7.10. The van der Waals surface area contributed by atoms with E-state index in [0.717, 1.165) is 0 Å². The number of nitrogens with one attached hydrogen (secondary N) is 2. The van der Waals surface area contributed by atoms with E-state index in [9.17, 15) is 4.79 Å². The molecule has 0 bridgehead atoms. The van der Waals surface area contributed by atoms with Crippen LogP contribution in [-0.4, -0.2) is 30.7 Å². The number of benzene rings is 1. The normalized spacial score (nSPS) is 12.6. The molecule has 1 aromatic rings. The largest absolute Gasteiger partial charge is 0.495 e. The van der Waals surface area contributed by atoms with Gasteiger partial charge in [-0.2, -0.15) is 0 Å². The Morgan fingerprint density at radius 1 is 1.53 bits per heavy atom. The monoisotopic (exact) mass is 266 g/mol. The molecule has 1 atom stereocenters. The maximum absolute atomic E-state index is 11.7. The molecule has 0 spiro atoms. The van der Waals surface area contributed by atoms with Gasteiger partial charge in [-0.25, -0.2) is 4.79 Å². The lowest BCUT2D eigenvalue weighted by atomic mass is 10.1. The van der Waals surface area contributed by atoms with E-state index in [1.165, 1.54) is 7.11 Å². The summed E-state index contributed by atoms with van der Waals surface area (Å²) in [6.07, 6.45) is 0. The predicted molar refractivity (Wildman–Crippen MR) is 72.6 cm³/mol. The number of carbonyl (C=O) groups excluding carboxylic acids is 1. The molecule has 0 aromatic heterocycles. The number of hydrogen-bond acceptors (Lipinski definition) is 4. The zero-order chi connectivity index (χ0) is 14.3. The first-order chi connectivity index (χ1) is 9.08. The maximum atomic E-state index is 11.7.